The van der Waals surface area contributed by atoms with Gasteiger partial charge in [-0.05, 0) is 37.5 Å². The molecule has 1 aliphatic heterocycles. The Morgan fingerprint density at radius 3 is 2.76 bits per heavy atom. The maximum atomic E-state index is 13.1. The van der Waals surface area contributed by atoms with Gasteiger partial charge >= 0.3 is 11.9 Å². The van der Waals surface area contributed by atoms with Gasteiger partial charge < -0.3 is 14.6 Å². The van der Waals surface area contributed by atoms with Gasteiger partial charge in [0.15, 0.2) is 5.41 Å². The maximum Gasteiger partial charge on any atom is 0.327 e. The molecule has 0 aromatic rings. The van der Waals surface area contributed by atoms with Gasteiger partial charge in [-0.1, -0.05) is 20.8 Å². The Morgan fingerprint density at radius 2 is 2.20 bits per heavy atom. The normalized spacial score (nSPS) is 49.7. The molecule has 4 aliphatic rings. The lowest BCUT2D eigenvalue weighted by atomic mass is 9.55. The Bertz CT molecular complexity index is 659. The van der Waals surface area contributed by atoms with Crippen molar-refractivity contribution in [2.45, 2.75) is 64.8 Å². The molecule has 4 rings (SSSR count). The van der Waals surface area contributed by atoms with E-state index >= 15 is 0 Å². The third kappa shape index (κ3) is 1.93. The quantitative estimate of drug-likeness (QED) is 0.779. The number of esters is 2. The summed E-state index contributed by atoms with van der Waals surface area (Å²) < 4.78 is 11.3. The van der Waals surface area contributed by atoms with Crippen molar-refractivity contribution in [3.63, 3.8) is 0 Å². The van der Waals surface area contributed by atoms with Crippen molar-refractivity contribution in [3.8, 4) is 6.07 Å². The number of nitriles is 1. The van der Waals surface area contributed by atoms with Crippen molar-refractivity contribution in [1.82, 2.24) is 0 Å². The second-order valence-electron chi connectivity index (χ2n) is 8.92. The highest BCUT2D eigenvalue weighted by atomic mass is 16.6. The molecule has 25 heavy (non-hydrogen) atoms. The van der Waals surface area contributed by atoms with Crippen molar-refractivity contribution >= 4 is 11.9 Å². The van der Waals surface area contributed by atoms with Gasteiger partial charge in [-0.3, -0.25) is 9.59 Å². The van der Waals surface area contributed by atoms with Crippen molar-refractivity contribution < 1.29 is 24.2 Å². The number of hydrogen-bond donors (Lipinski definition) is 1. The second kappa shape index (κ2) is 5.20. The van der Waals surface area contributed by atoms with Gasteiger partial charge in [-0.2, -0.15) is 5.26 Å². The van der Waals surface area contributed by atoms with Crippen molar-refractivity contribution in [3.05, 3.63) is 0 Å². The van der Waals surface area contributed by atoms with Crippen LogP contribution in [0.2, 0.25) is 0 Å². The number of carbonyl (C=O) groups is 2. The van der Waals surface area contributed by atoms with Crippen LogP contribution in [0.3, 0.4) is 0 Å². The standard InChI is InChI=1S/C19H25NO5/c1-9(2)6-19(10(3)4-13(19)21)17(23)24-14-11-5-12-15(14)25-16(22)18(12,7-11)8-20/h9-15,21H,4-7H2,1-3H3/t10?,11?,12?,13?,14?,15?,18-,19?/m0/s1. The zero-order valence-electron chi connectivity index (χ0n) is 14.9. The Balaban J connectivity index is 1.55. The lowest BCUT2D eigenvalue weighted by molar-refractivity contribution is -0.204. The molecular weight excluding hydrogens is 322 g/mol. The lowest BCUT2D eigenvalue weighted by Gasteiger charge is -2.51. The topological polar surface area (TPSA) is 96.6 Å². The van der Waals surface area contributed by atoms with Gasteiger partial charge in [0.25, 0.3) is 0 Å². The van der Waals surface area contributed by atoms with Crippen LogP contribution < -0.4 is 0 Å². The smallest absolute Gasteiger partial charge is 0.327 e. The van der Waals surface area contributed by atoms with Crippen LogP contribution in [0.15, 0.2) is 0 Å². The van der Waals surface area contributed by atoms with E-state index in [4.69, 9.17) is 9.47 Å². The summed E-state index contributed by atoms with van der Waals surface area (Å²) in [5, 5.41) is 19.8. The molecule has 1 N–H and O–H groups in total. The van der Waals surface area contributed by atoms with Gasteiger partial charge in [0.05, 0.1) is 17.6 Å². The maximum absolute atomic E-state index is 13.1. The number of rotatable bonds is 4. The summed E-state index contributed by atoms with van der Waals surface area (Å²) in [6, 6.07) is 2.16. The molecule has 0 aromatic heterocycles. The van der Waals surface area contributed by atoms with Gasteiger partial charge in [0.2, 0.25) is 0 Å². The molecule has 6 heteroatoms. The van der Waals surface area contributed by atoms with E-state index in [1.165, 1.54) is 0 Å². The fourth-order valence-electron chi connectivity index (χ4n) is 5.88. The first-order valence-electron chi connectivity index (χ1n) is 9.27. The molecule has 6 nitrogen and oxygen atoms in total. The van der Waals surface area contributed by atoms with Crippen molar-refractivity contribution in [2.24, 2.45) is 34.5 Å². The molecule has 136 valence electrons. The minimum absolute atomic E-state index is 0.00586. The van der Waals surface area contributed by atoms with E-state index in [9.17, 15) is 20.0 Å². The minimum atomic E-state index is -1.03. The first kappa shape index (κ1) is 16.8. The zero-order valence-corrected chi connectivity index (χ0v) is 14.9. The summed E-state index contributed by atoms with van der Waals surface area (Å²) in [7, 11) is 0. The predicted molar refractivity (Wildman–Crippen MR) is 85.7 cm³/mol. The van der Waals surface area contributed by atoms with Crippen LogP contribution in [0.25, 0.3) is 0 Å². The van der Waals surface area contributed by atoms with E-state index in [-0.39, 0.29) is 29.6 Å². The largest absolute Gasteiger partial charge is 0.458 e. The summed E-state index contributed by atoms with van der Waals surface area (Å²) in [4.78, 5) is 25.2. The molecule has 3 aliphatic carbocycles. The van der Waals surface area contributed by atoms with Crippen molar-refractivity contribution in [1.29, 1.82) is 5.26 Å². The van der Waals surface area contributed by atoms with Crippen LogP contribution in [0, 0.1) is 45.8 Å². The van der Waals surface area contributed by atoms with E-state index < -0.39 is 35.1 Å². The summed E-state index contributed by atoms with van der Waals surface area (Å²) in [6.07, 6.45) is 0.637. The number of aliphatic hydroxyl groups is 1. The zero-order chi connectivity index (χ0) is 18.1. The predicted octanol–water partition coefficient (Wildman–Crippen LogP) is 1.81. The highest BCUT2D eigenvalue weighted by Crippen LogP contribution is 2.63. The summed E-state index contributed by atoms with van der Waals surface area (Å²) in [5.74, 6) is -0.664. The van der Waals surface area contributed by atoms with Crippen LogP contribution in [0.1, 0.15) is 46.5 Å². The molecule has 0 amide bonds. The first-order chi connectivity index (χ1) is 11.8. The first-order valence-corrected chi connectivity index (χ1v) is 9.27. The Labute approximate surface area is 147 Å². The van der Waals surface area contributed by atoms with Crippen LogP contribution in [-0.2, 0) is 19.1 Å². The molecule has 0 spiro atoms. The molecule has 7 unspecified atom stereocenters. The Hall–Kier alpha value is -1.61. The van der Waals surface area contributed by atoms with Crippen molar-refractivity contribution in [2.75, 3.05) is 0 Å². The molecule has 8 atom stereocenters. The molecule has 1 saturated heterocycles. The molecular formula is C19H25NO5. The summed E-state index contributed by atoms with van der Waals surface area (Å²) in [5.41, 5.74) is -1.89. The number of fused-ring (bicyclic) bond motifs is 1. The summed E-state index contributed by atoms with van der Waals surface area (Å²) >= 11 is 0. The number of ether oxygens (including phenoxy) is 2. The monoisotopic (exact) mass is 347 g/mol. The number of carbonyl (C=O) groups excluding carboxylic acids is 2. The van der Waals surface area contributed by atoms with Gasteiger partial charge in [0, 0.05) is 11.8 Å². The number of hydrogen-bond acceptors (Lipinski definition) is 6. The van der Waals surface area contributed by atoms with E-state index in [1.54, 1.807) is 0 Å². The SMILES string of the molecule is CC(C)CC1(C(=O)OC2C3CC4C2OC(=O)[C@]4(C#N)C3)C(C)CC1O. The van der Waals surface area contributed by atoms with E-state index in [0.717, 1.165) is 0 Å². The second-order valence-corrected chi connectivity index (χ2v) is 8.92. The minimum Gasteiger partial charge on any atom is -0.458 e. The average molecular weight is 347 g/mol. The highest BCUT2D eigenvalue weighted by molar-refractivity contribution is 5.85. The molecule has 4 fully saturated rings. The fraction of sp³-hybridized carbons (Fsp3) is 0.842. The van der Waals surface area contributed by atoms with Crippen LogP contribution in [-0.4, -0.2) is 35.4 Å². The molecule has 3 saturated carbocycles. The molecule has 2 bridgehead atoms. The number of aliphatic hydroxyl groups excluding tert-OH is 1. The molecule has 1 heterocycles. The van der Waals surface area contributed by atoms with Crippen LogP contribution in [0.5, 0.6) is 0 Å². The molecule has 0 radical (unpaired) electrons. The molecule has 0 aromatic carbocycles. The highest BCUT2D eigenvalue weighted by Gasteiger charge is 2.73. The number of nitrogens with zero attached hydrogens (tertiary/aromatic N) is 1. The van der Waals surface area contributed by atoms with Gasteiger partial charge in [-0.15, -0.1) is 0 Å². The Morgan fingerprint density at radius 1 is 1.48 bits per heavy atom. The van der Waals surface area contributed by atoms with E-state index in [1.807, 2.05) is 20.8 Å². The lowest BCUT2D eigenvalue weighted by Crippen LogP contribution is -2.59. The van der Waals surface area contributed by atoms with E-state index in [0.29, 0.717) is 25.7 Å². The van der Waals surface area contributed by atoms with Gasteiger partial charge in [0.1, 0.15) is 12.2 Å². The third-order valence-electron chi connectivity index (χ3n) is 7.19. The van der Waals surface area contributed by atoms with Crippen LogP contribution in [0.4, 0.5) is 0 Å². The Kier molecular flexibility index (Phi) is 3.50. The average Bonchev–Trinajstić information content (AvgIpc) is 3.14. The summed E-state index contributed by atoms with van der Waals surface area (Å²) in [6.45, 7) is 6.04. The van der Waals surface area contributed by atoms with E-state index in [2.05, 4.69) is 6.07 Å². The van der Waals surface area contributed by atoms with Gasteiger partial charge in [-0.25, -0.2) is 0 Å². The fourth-order valence-corrected chi connectivity index (χ4v) is 5.88. The van der Waals surface area contributed by atoms with Crippen LogP contribution >= 0.6 is 0 Å². The third-order valence-corrected chi connectivity index (χ3v) is 7.19.